The molecule has 4 nitrogen and oxygen atoms in total. The zero-order chi connectivity index (χ0) is 13.5. The maximum atomic E-state index is 12.2. The molecule has 0 aliphatic carbocycles. The Balaban J connectivity index is 2.75. The third-order valence-electron chi connectivity index (χ3n) is 2.92. The Morgan fingerprint density at radius 3 is 2.39 bits per heavy atom. The molecule has 0 saturated carbocycles. The summed E-state index contributed by atoms with van der Waals surface area (Å²) in [6.45, 7) is 2.63. The molecule has 0 aliphatic heterocycles. The van der Waals surface area contributed by atoms with Gasteiger partial charge in [-0.2, -0.15) is 0 Å². The number of ketones is 1. The van der Waals surface area contributed by atoms with Gasteiger partial charge in [0.2, 0.25) is 0 Å². The normalized spacial score (nSPS) is 12.5. The van der Waals surface area contributed by atoms with Crippen LogP contribution in [0.2, 0.25) is 0 Å². The van der Waals surface area contributed by atoms with Crippen molar-refractivity contribution >= 4 is 11.5 Å². The second kappa shape index (κ2) is 7.13. The summed E-state index contributed by atoms with van der Waals surface area (Å²) in [4.78, 5) is 14.2. The maximum Gasteiger partial charge on any atom is 0.179 e. The third kappa shape index (κ3) is 3.82. The van der Waals surface area contributed by atoms with Crippen LogP contribution in [0.5, 0.6) is 0 Å². The van der Waals surface area contributed by atoms with Gasteiger partial charge >= 0.3 is 0 Å². The average molecular weight is 250 g/mol. The van der Waals surface area contributed by atoms with Gasteiger partial charge in [0, 0.05) is 17.8 Å². The number of hydrogen-bond donors (Lipinski definition) is 2. The highest BCUT2D eigenvalue weighted by atomic mass is 16.3. The van der Waals surface area contributed by atoms with Gasteiger partial charge in [0.1, 0.15) is 0 Å². The van der Waals surface area contributed by atoms with E-state index in [9.17, 15) is 4.79 Å². The van der Waals surface area contributed by atoms with Crippen molar-refractivity contribution in [3.05, 3.63) is 29.8 Å². The lowest BCUT2D eigenvalue weighted by molar-refractivity contribution is 0.0871. The van der Waals surface area contributed by atoms with Gasteiger partial charge in [-0.1, -0.05) is 6.92 Å². The van der Waals surface area contributed by atoms with E-state index in [2.05, 4.69) is 5.32 Å². The number of hydrogen-bond acceptors (Lipinski definition) is 4. The van der Waals surface area contributed by atoms with E-state index in [0.29, 0.717) is 6.54 Å². The van der Waals surface area contributed by atoms with Gasteiger partial charge in [-0.05, 0) is 44.8 Å². The van der Waals surface area contributed by atoms with Crippen LogP contribution in [0.3, 0.4) is 0 Å². The summed E-state index contributed by atoms with van der Waals surface area (Å²) in [7, 11) is 3.84. The first-order valence-electron chi connectivity index (χ1n) is 6.25. The molecule has 1 aromatic rings. The van der Waals surface area contributed by atoms with Crippen molar-refractivity contribution in [1.29, 1.82) is 0 Å². The molecule has 0 radical (unpaired) electrons. The molecule has 0 spiro atoms. The summed E-state index contributed by atoms with van der Waals surface area (Å²) in [5, 5.41) is 11.8. The molecule has 0 aromatic heterocycles. The zero-order valence-corrected chi connectivity index (χ0v) is 11.3. The number of aliphatic hydroxyl groups is 1. The van der Waals surface area contributed by atoms with Crippen molar-refractivity contribution in [3.8, 4) is 0 Å². The van der Waals surface area contributed by atoms with Crippen molar-refractivity contribution in [2.45, 2.75) is 19.4 Å². The topological polar surface area (TPSA) is 52.6 Å². The maximum absolute atomic E-state index is 12.2. The molecule has 1 unspecified atom stereocenters. The summed E-state index contributed by atoms with van der Waals surface area (Å²) in [6.07, 6.45) is 0.802. The quantitative estimate of drug-likeness (QED) is 0.722. The molecule has 0 aliphatic rings. The predicted molar refractivity (Wildman–Crippen MR) is 74.1 cm³/mol. The van der Waals surface area contributed by atoms with Gasteiger partial charge in [-0.3, -0.25) is 9.69 Å². The molecule has 1 aromatic carbocycles. The molecule has 0 heterocycles. The van der Waals surface area contributed by atoms with Crippen LogP contribution in [0, 0.1) is 0 Å². The average Bonchev–Trinajstić information content (AvgIpc) is 2.37. The van der Waals surface area contributed by atoms with Gasteiger partial charge in [-0.25, -0.2) is 0 Å². The number of Topliss-reactive ketones (excluding diaryl/α,β-unsaturated/α-hetero) is 1. The van der Waals surface area contributed by atoms with E-state index in [1.54, 1.807) is 0 Å². The minimum absolute atomic E-state index is 0.0683. The van der Waals surface area contributed by atoms with Gasteiger partial charge in [0.15, 0.2) is 5.78 Å². The summed E-state index contributed by atoms with van der Waals surface area (Å²) in [5.74, 6) is 0.149. The SMILES string of the molecule is CCC(C(=O)c1ccc(NCCO)cc1)N(C)C. The van der Waals surface area contributed by atoms with Gasteiger partial charge in [0.25, 0.3) is 0 Å². The first kappa shape index (κ1) is 14.7. The van der Waals surface area contributed by atoms with Crippen molar-refractivity contribution in [2.75, 3.05) is 32.6 Å². The Kier molecular flexibility index (Phi) is 5.82. The number of aliphatic hydroxyl groups excluding tert-OH is 1. The smallest absolute Gasteiger partial charge is 0.179 e. The Morgan fingerprint density at radius 1 is 1.33 bits per heavy atom. The van der Waals surface area contributed by atoms with Gasteiger partial charge in [-0.15, -0.1) is 0 Å². The lowest BCUT2D eigenvalue weighted by atomic mass is 10.0. The Labute approximate surface area is 109 Å². The Bertz CT molecular complexity index is 374. The molecular weight excluding hydrogens is 228 g/mol. The number of rotatable bonds is 7. The fourth-order valence-electron chi connectivity index (χ4n) is 1.93. The largest absolute Gasteiger partial charge is 0.395 e. The van der Waals surface area contributed by atoms with E-state index in [1.165, 1.54) is 0 Å². The second-order valence-electron chi connectivity index (χ2n) is 4.48. The molecule has 100 valence electrons. The molecule has 2 N–H and O–H groups in total. The van der Waals surface area contributed by atoms with Gasteiger partial charge < -0.3 is 10.4 Å². The minimum atomic E-state index is -0.0683. The third-order valence-corrected chi connectivity index (χ3v) is 2.92. The number of likely N-dealkylation sites (N-methyl/N-ethyl adjacent to an activating group) is 1. The van der Waals surface area contributed by atoms with Crippen LogP contribution in [-0.2, 0) is 0 Å². The fraction of sp³-hybridized carbons (Fsp3) is 0.500. The zero-order valence-electron chi connectivity index (χ0n) is 11.3. The number of carbonyl (C=O) groups is 1. The van der Waals surface area contributed by atoms with Crippen LogP contribution < -0.4 is 5.32 Å². The minimum Gasteiger partial charge on any atom is -0.395 e. The van der Waals surface area contributed by atoms with Crippen molar-refractivity contribution in [2.24, 2.45) is 0 Å². The van der Waals surface area contributed by atoms with Crippen LogP contribution >= 0.6 is 0 Å². The van der Waals surface area contributed by atoms with Crippen molar-refractivity contribution in [1.82, 2.24) is 4.90 Å². The second-order valence-corrected chi connectivity index (χ2v) is 4.48. The first-order valence-corrected chi connectivity index (χ1v) is 6.25. The first-order chi connectivity index (χ1) is 8.60. The van der Waals surface area contributed by atoms with E-state index in [4.69, 9.17) is 5.11 Å². The van der Waals surface area contributed by atoms with Gasteiger partial charge in [0.05, 0.1) is 12.6 Å². The molecule has 1 rings (SSSR count). The highest BCUT2D eigenvalue weighted by Gasteiger charge is 2.19. The molecule has 18 heavy (non-hydrogen) atoms. The van der Waals surface area contributed by atoms with Crippen LogP contribution in [-0.4, -0.2) is 49.1 Å². The number of anilines is 1. The highest BCUT2D eigenvalue weighted by Crippen LogP contribution is 2.14. The molecule has 4 heteroatoms. The van der Waals surface area contributed by atoms with E-state index in [-0.39, 0.29) is 18.4 Å². The lowest BCUT2D eigenvalue weighted by Crippen LogP contribution is -2.35. The van der Waals surface area contributed by atoms with E-state index < -0.39 is 0 Å². The van der Waals surface area contributed by atoms with Crippen molar-refractivity contribution < 1.29 is 9.90 Å². The Morgan fingerprint density at radius 2 is 1.94 bits per heavy atom. The molecule has 0 fully saturated rings. The number of nitrogens with one attached hydrogen (secondary N) is 1. The monoisotopic (exact) mass is 250 g/mol. The summed E-state index contributed by atoms with van der Waals surface area (Å²) < 4.78 is 0. The van der Waals surface area contributed by atoms with E-state index in [1.807, 2.05) is 50.2 Å². The van der Waals surface area contributed by atoms with E-state index >= 15 is 0 Å². The summed E-state index contributed by atoms with van der Waals surface area (Å²) in [5.41, 5.74) is 1.64. The molecular formula is C14H22N2O2. The standard InChI is InChI=1S/C14H22N2O2/c1-4-13(16(2)3)14(18)11-5-7-12(8-6-11)15-9-10-17/h5-8,13,15,17H,4,9-10H2,1-3H3. The fourth-order valence-corrected chi connectivity index (χ4v) is 1.93. The number of nitrogens with zero attached hydrogens (tertiary/aromatic N) is 1. The predicted octanol–water partition coefficient (Wildman–Crippen LogP) is 1.61. The summed E-state index contributed by atoms with van der Waals surface area (Å²) >= 11 is 0. The molecule has 0 bridgehead atoms. The number of benzene rings is 1. The van der Waals surface area contributed by atoms with Crippen LogP contribution in [0.1, 0.15) is 23.7 Å². The van der Waals surface area contributed by atoms with Crippen LogP contribution in [0.25, 0.3) is 0 Å². The molecule has 1 atom stereocenters. The van der Waals surface area contributed by atoms with Crippen molar-refractivity contribution in [3.63, 3.8) is 0 Å². The molecule has 0 saturated heterocycles. The Hall–Kier alpha value is -1.39. The number of carbonyl (C=O) groups excluding carboxylic acids is 1. The van der Waals surface area contributed by atoms with Crippen LogP contribution in [0.15, 0.2) is 24.3 Å². The highest BCUT2D eigenvalue weighted by molar-refractivity contribution is 6.00. The van der Waals surface area contributed by atoms with Crippen LogP contribution in [0.4, 0.5) is 5.69 Å². The lowest BCUT2D eigenvalue weighted by Gasteiger charge is -2.21. The summed E-state index contributed by atoms with van der Waals surface area (Å²) in [6, 6.07) is 7.32. The molecule has 0 amide bonds. The van der Waals surface area contributed by atoms with E-state index in [0.717, 1.165) is 17.7 Å².